The minimum Gasteiger partial charge on any atom is -0.340 e. The van der Waals surface area contributed by atoms with E-state index < -0.39 is 5.47 Å². The number of benzene rings is 1. The fraction of sp³-hybridized carbons (Fsp3) is 0.200. The Bertz CT molecular complexity index is 718. The molecular weight excluding hydrogens is 305 g/mol. The summed E-state index contributed by atoms with van der Waals surface area (Å²) in [6, 6.07) is 7.55. The summed E-state index contributed by atoms with van der Waals surface area (Å²) in [5.74, 6) is 0.139. The van der Waals surface area contributed by atoms with Gasteiger partial charge in [-0.15, -0.1) is 5.10 Å². The first-order valence-corrected chi connectivity index (χ1v) is 9.56. The van der Waals surface area contributed by atoms with Crippen LogP contribution in [0.1, 0.15) is 0 Å². The molecule has 0 radical (unpaired) electrons. The molecule has 1 heterocycles. The molecule has 100 valence electrons. The highest BCUT2D eigenvalue weighted by Crippen LogP contribution is 2.56. The Morgan fingerprint density at radius 3 is 2.95 bits per heavy atom. The second-order valence-corrected chi connectivity index (χ2v) is 10.4. The van der Waals surface area contributed by atoms with Crippen LogP contribution in [0.3, 0.4) is 0 Å². The third-order valence-corrected chi connectivity index (χ3v) is 7.65. The van der Waals surface area contributed by atoms with Crippen LogP contribution in [0.25, 0.3) is 10.9 Å². The van der Waals surface area contributed by atoms with Crippen molar-refractivity contribution in [3.8, 4) is 0 Å². The SMILES string of the molecule is COP(=S)(C=O)SCn1nnc2ccccc2c1=O. The largest absolute Gasteiger partial charge is 0.340 e. The van der Waals surface area contributed by atoms with Gasteiger partial charge in [0, 0.05) is 7.11 Å². The number of carbonyl (C=O) groups excluding carboxylic acids is 1. The molecule has 2 rings (SSSR count). The molecule has 1 unspecified atom stereocenters. The summed E-state index contributed by atoms with van der Waals surface area (Å²) in [5, 5.41) is 8.24. The summed E-state index contributed by atoms with van der Waals surface area (Å²) < 4.78 is 6.17. The molecule has 1 aromatic carbocycles. The maximum Gasteiger partial charge on any atom is 0.278 e. The quantitative estimate of drug-likeness (QED) is 0.613. The summed E-state index contributed by atoms with van der Waals surface area (Å²) in [6.45, 7) is 0. The Morgan fingerprint density at radius 1 is 1.53 bits per heavy atom. The zero-order chi connectivity index (χ0) is 13.9. The summed E-state index contributed by atoms with van der Waals surface area (Å²) in [4.78, 5) is 23.0. The summed E-state index contributed by atoms with van der Waals surface area (Å²) in [5.41, 5.74) is -2.31. The summed E-state index contributed by atoms with van der Waals surface area (Å²) >= 11 is 6.16. The van der Waals surface area contributed by atoms with Crippen molar-refractivity contribution >= 4 is 45.6 Å². The lowest BCUT2D eigenvalue weighted by molar-refractivity contribution is 0.473. The van der Waals surface area contributed by atoms with E-state index in [0.29, 0.717) is 16.9 Å². The molecule has 2 aromatic rings. The first-order valence-electron chi connectivity index (χ1n) is 5.18. The van der Waals surface area contributed by atoms with E-state index in [-0.39, 0.29) is 11.4 Å². The number of rotatable bonds is 5. The molecule has 0 saturated carbocycles. The molecule has 1 atom stereocenters. The minimum atomic E-state index is -2.58. The van der Waals surface area contributed by atoms with Gasteiger partial charge in [0.05, 0.1) is 11.3 Å². The molecule has 9 heteroatoms. The fourth-order valence-corrected chi connectivity index (χ4v) is 3.79. The Balaban J connectivity index is 2.32. The van der Waals surface area contributed by atoms with Crippen LogP contribution in [-0.2, 0) is 27.0 Å². The molecule has 0 amide bonds. The zero-order valence-corrected chi connectivity index (χ0v) is 12.5. The Morgan fingerprint density at radius 2 is 2.26 bits per heavy atom. The van der Waals surface area contributed by atoms with Crippen molar-refractivity contribution in [3.63, 3.8) is 0 Å². The Hall–Kier alpha value is -1.08. The van der Waals surface area contributed by atoms with E-state index in [0.717, 1.165) is 11.4 Å². The van der Waals surface area contributed by atoms with Crippen molar-refractivity contribution in [2.45, 2.75) is 5.88 Å². The fourth-order valence-electron chi connectivity index (χ4n) is 1.37. The van der Waals surface area contributed by atoms with Gasteiger partial charge in [0.25, 0.3) is 5.56 Å². The molecular formula is C10H10N3O3PS2. The molecule has 0 saturated heterocycles. The van der Waals surface area contributed by atoms with Crippen LogP contribution >= 0.6 is 16.8 Å². The predicted octanol–water partition coefficient (Wildman–Crippen LogP) is 1.63. The molecule has 0 bridgehead atoms. The third kappa shape index (κ3) is 3.09. The minimum absolute atomic E-state index is 0.139. The number of hydrogen-bond donors (Lipinski definition) is 0. The second-order valence-electron chi connectivity index (χ2n) is 3.50. The van der Waals surface area contributed by atoms with Crippen LogP contribution in [0, 0.1) is 0 Å². The van der Waals surface area contributed by atoms with Gasteiger partial charge in [-0.3, -0.25) is 9.59 Å². The Labute approximate surface area is 118 Å². The van der Waals surface area contributed by atoms with E-state index in [1.54, 1.807) is 24.3 Å². The lowest BCUT2D eigenvalue weighted by Gasteiger charge is -2.12. The van der Waals surface area contributed by atoms with E-state index in [1.165, 1.54) is 11.8 Å². The van der Waals surface area contributed by atoms with Gasteiger partial charge in [0.2, 0.25) is 0 Å². The van der Waals surface area contributed by atoms with Crippen LogP contribution < -0.4 is 5.56 Å². The van der Waals surface area contributed by atoms with Crippen molar-refractivity contribution in [3.05, 3.63) is 34.6 Å². The van der Waals surface area contributed by atoms with Gasteiger partial charge in [-0.1, -0.05) is 28.7 Å². The van der Waals surface area contributed by atoms with Crippen LogP contribution in [0.5, 0.6) is 0 Å². The first kappa shape index (κ1) is 14.3. The maximum atomic E-state index is 12.1. The van der Waals surface area contributed by atoms with Gasteiger partial charge in [-0.2, -0.15) is 4.68 Å². The molecule has 1 aromatic heterocycles. The van der Waals surface area contributed by atoms with Crippen LogP contribution in [-0.4, -0.2) is 28.1 Å². The number of carbonyl (C=O) groups is 1. The molecule has 6 nitrogen and oxygen atoms in total. The van der Waals surface area contributed by atoms with Gasteiger partial charge in [-0.05, 0) is 23.9 Å². The molecule has 0 aliphatic rings. The average Bonchev–Trinajstić information content (AvgIpc) is 2.46. The predicted molar refractivity (Wildman–Crippen MR) is 79.4 cm³/mol. The van der Waals surface area contributed by atoms with E-state index in [4.69, 9.17) is 16.3 Å². The first-order chi connectivity index (χ1) is 9.09. The smallest absolute Gasteiger partial charge is 0.278 e. The van der Waals surface area contributed by atoms with Crippen molar-refractivity contribution in [2.24, 2.45) is 0 Å². The van der Waals surface area contributed by atoms with Gasteiger partial charge < -0.3 is 4.52 Å². The number of nitrogens with zero attached hydrogens (tertiary/aromatic N) is 3. The standard InChI is InChI=1S/C10H10N3O3PS2/c1-16-17(18,7-14)19-6-13-10(15)8-4-2-3-5-9(8)11-12-13/h2-5,7H,6H2,1H3. The van der Waals surface area contributed by atoms with Crippen molar-refractivity contribution in [2.75, 3.05) is 7.11 Å². The van der Waals surface area contributed by atoms with E-state index >= 15 is 0 Å². The van der Waals surface area contributed by atoms with Crippen LogP contribution in [0.15, 0.2) is 29.1 Å². The number of fused-ring (bicyclic) bond motifs is 1. The highest BCUT2D eigenvalue weighted by atomic mass is 32.9. The maximum absolute atomic E-state index is 12.1. The third-order valence-electron chi connectivity index (χ3n) is 2.37. The summed E-state index contributed by atoms with van der Waals surface area (Å²) in [6.07, 6.45) is 0. The van der Waals surface area contributed by atoms with E-state index in [9.17, 15) is 9.59 Å². The number of hydrogen-bond acceptors (Lipinski definition) is 7. The normalized spacial score (nSPS) is 14.2. The highest BCUT2D eigenvalue weighted by Gasteiger charge is 2.17. The van der Waals surface area contributed by atoms with Crippen LogP contribution in [0.4, 0.5) is 0 Å². The molecule has 0 aliphatic heterocycles. The second kappa shape index (κ2) is 5.92. The highest BCUT2D eigenvalue weighted by molar-refractivity contribution is 8.73. The van der Waals surface area contributed by atoms with E-state index in [1.807, 2.05) is 0 Å². The lowest BCUT2D eigenvalue weighted by Crippen LogP contribution is -2.23. The average molecular weight is 315 g/mol. The zero-order valence-electron chi connectivity index (χ0n) is 9.92. The van der Waals surface area contributed by atoms with Gasteiger partial charge >= 0.3 is 0 Å². The van der Waals surface area contributed by atoms with Crippen molar-refractivity contribution in [1.82, 2.24) is 15.0 Å². The molecule has 0 N–H and O–H groups in total. The molecule has 0 aliphatic carbocycles. The monoisotopic (exact) mass is 315 g/mol. The molecule has 0 fully saturated rings. The molecule has 19 heavy (non-hydrogen) atoms. The van der Waals surface area contributed by atoms with Crippen molar-refractivity contribution < 1.29 is 9.32 Å². The number of aromatic nitrogens is 3. The van der Waals surface area contributed by atoms with Crippen LogP contribution in [0.2, 0.25) is 0 Å². The topological polar surface area (TPSA) is 74.1 Å². The summed E-state index contributed by atoms with van der Waals surface area (Å²) in [7, 11) is 1.39. The van der Waals surface area contributed by atoms with Gasteiger partial charge in [-0.25, -0.2) is 0 Å². The van der Waals surface area contributed by atoms with Crippen molar-refractivity contribution in [1.29, 1.82) is 0 Å². The van der Waals surface area contributed by atoms with Gasteiger partial charge in [0.15, 0.2) is 11.5 Å². The van der Waals surface area contributed by atoms with Gasteiger partial charge in [0.1, 0.15) is 5.52 Å². The molecule has 0 spiro atoms. The van der Waals surface area contributed by atoms with E-state index in [2.05, 4.69) is 10.3 Å². The Kier molecular flexibility index (Phi) is 4.46. The lowest BCUT2D eigenvalue weighted by atomic mass is 10.2.